The lowest BCUT2D eigenvalue weighted by atomic mass is 10.1. The molecular formula is C29H24ClN3O9. The Morgan fingerprint density at radius 2 is 1.76 bits per heavy atom. The largest absolute Gasteiger partial charge is 0.490 e. The molecule has 3 aromatic rings. The average molecular weight is 594 g/mol. The predicted octanol–water partition coefficient (Wildman–Crippen LogP) is 5.07. The zero-order valence-electron chi connectivity index (χ0n) is 22.4. The molecule has 216 valence electrons. The van der Waals surface area contributed by atoms with Gasteiger partial charge in [0.25, 0.3) is 17.5 Å². The van der Waals surface area contributed by atoms with E-state index in [0.29, 0.717) is 11.1 Å². The van der Waals surface area contributed by atoms with E-state index in [2.05, 4.69) is 5.32 Å². The molecule has 0 bridgehead atoms. The van der Waals surface area contributed by atoms with Crippen LogP contribution in [-0.2, 0) is 20.9 Å². The fourth-order valence-corrected chi connectivity index (χ4v) is 4.28. The first-order chi connectivity index (χ1) is 20.1. The van der Waals surface area contributed by atoms with Crippen molar-refractivity contribution in [2.75, 3.05) is 18.1 Å². The fourth-order valence-electron chi connectivity index (χ4n) is 4.01. The smallest absolute Gasteiger partial charge is 0.338 e. The van der Waals surface area contributed by atoms with Gasteiger partial charge in [-0.25, -0.2) is 14.5 Å². The van der Waals surface area contributed by atoms with E-state index in [1.807, 2.05) is 0 Å². The fraction of sp³-hybridized carbons (Fsp3) is 0.172. The quantitative estimate of drug-likeness (QED) is 0.111. The van der Waals surface area contributed by atoms with Gasteiger partial charge in [0.2, 0.25) is 0 Å². The average Bonchev–Trinajstić information content (AvgIpc) is 2.95. The van der Waals surface area contributed by atoms with E-state index in [1.54, 1.807) is 19.9 Å². The highest BCUT2D eigenvalue weighted by molar-refractivity contribution is 6.39. The zero-order valence-corrected chi connectivity index (χ0v) is 23.2. The van der Waals surface area contributed by atoms with E-state index in [1.165, 1.54) is 60.7 Å². The van der Waals surface area contributed by atoms with Crippen LogP contribution in [0.4, 0.5) is 16.2 Å². The molecule has 1 N–H and O–H groups in total. The van der Waals surface area contributed by atoms with Crippen molar-refractivity contribution in [3.05, 3.63) is 98.1 Å². The lowest BCUT2D eigenvalue weighted by molar-refractivity contribution is -0.384. The summed E-state index contributed by atoms with van der Waals surface area (Å²) in [4.78, 5) is 61.8. The number of rotatable bonds is 10. The predicted molar refractivity (Wildman–Crippen MR) is 151 cm³/mol. The van der Waals surface area contributed by atoms with Crippen LogP contribution in [0.15, 0.2) is 66.2 Å². The van der Waals surface area contributed by atoms with Crippen LogP contribution in [0.5, 0.6) is 11.5 Å². The second-order valence-corrected chi connectivity index (χ2v) is 9.11. The molecule has 0 spiro atoms. The van der Waals surface area contributed by atoms with Crippen LogP contribution in [0.1, 0.15) is 35.3 Å². The number of anilines is 1. The summed E-state index contributed by atoms with van der Waals surface area (Å²) < 4.78 is 16.4. The number of nitro benzene ring substituents is 1. The monoisotopic (exact) mass is 593 g/mol. The summed E-state index contributed by atoms with van der Waals surface area (Å²) in [6.07, 6.45) is 1.25. The molecule has 0 radical (unpaired) electrons. The number of imide groups is 2. The van der Waals surface area contributed by atoms with Crippen LogP contribution < -0.4 is 19.7 Å². The number of hydrogen-bond acceptors (Lipinski definition) is 9. The van der Waals surface area contributed by atoms with Crippen LogP contribution in [0.25, 0.3) is 6.08 Å². The number of esters is 1. The Labute approximate surface area is 244 Å². The van der Waals surface area contributed by atoms with Crippen molar-refractivity contribution in [1.29, 1.82) is 0 Å². The first-order valence-electron chi connectivity index (χ1n) is 12.6. The molecule has 1 heterocycles. The van der Waals surface area contributed by atoms with Gasteiger partial charge in [-0.3, -0.25) is 25.0 Å². The summed E-state index contributed by atoms with van der Waals surface area (Å²) in [5.41, 5.74) is 0.736. The van der Waals surface area contributed by atoms with Crippen molar-refractivity contribution in [2.45, 2.75) is 20.5 Å². The second kappa shape index (κ2) is 13.0. The number of halogens is 1. The normalized spacial score (nSPS) is 14.0. The second-order valence-electron chi connectivity index (χ2n) is 8.70. The third-order valence-electron chi connectivity index (χ3n) is 5.89. The number of nitrogens with one attached hydrogen (secondary N) is 1. The Bertz CT molecular complexity index is 1600. The topological polar surface area (TPSA) is 154 Å². The molecule has 0 atom stereocenters. The van der Waals surface area contributed by atoms with Crippen LogP contribution in [0, 0.1) is 10.1 Å². The van der Waals surface area contributed by atoms with Crippen LogP contribution in [0.2, 0.25) is 5.02 Å². The van der Waals surface area contributed by atoms with E-state index in [0.717, 1.165) is 4.90 Å². The van der Waals surface area contributed by atoms with Crippen LogP contribution >= 0.6 is 11.6 Å². The van der Waals surface area contributed by atoms with E-state index >= 15 is 0 Å². The van der Waals surface area contributed by atoms with Gasteiger partial charge in [0, 0.05) is 12.1 Å². The van der Waals surface area contributed by atoms with Gasteiger partial charge >= 0.3 is 12.0 Å². The molecule has 4 rings (SSSR count). The zero-order chi connectivity index (χ0) is 30.4. The Kier molecular flexibility index (Phi) is 9.18. The van der Waals surface area contributed by atoms with Crippen molar-refractivity contribution >= 4 is 52.9 Å². The molecule has 0 aromatic heterocycles. The number of nitrogens with zero attached hydrogens (tertiary/aromatic N) is 2. The van der Waals surface area contributed by atoms with Crippen molar-refractivity contribution in [2.24, 2.45) is 0 Å². The first kappa shape index (κ1) is 29.7. The molecule has 3 aromatic carbocycles. The molecule has 13 heteroatoms. The lowest BCUT2D eigenvalue weighted by Crippen LogP contribution is -2.54. The minimum absolute atomic E-state index is 0.0468. The molecule has 0 unspecified atom stereocenters. The summed E-state index contributed by atoms with van der Waals surface area (Å²) in [6.45, 7) is 3.77. The van der Waals surface area contributed by atoms with Gasteiger partial charge in [0.15, 0.2) is 11.5 Å². The SMILES string of the molecule is CCOC(=O)c1ccc(N2C(=O)NC(=O)/C(=C\c3cc(Cl)c(OCc4cccc([N+](=O)[O-])c4)c(OCC)c3)C2=O)cc1. The summed E-state index contributed by atoms with van der Waals surface area (Å²) in [6, 6.07) is 13.5. The minimum Gasteiger partial charge on any atom is -0.490 e. The summed E-state index contributed by atoms with van der Waals surface area (Å²) in [5, 5.41) is 13.3. The molecule has 1 aliphatic heterocycles. The number of carbonyl (C=O) groups is 4. The molecular weight excluding hydrogens is 570 g/mol. The maximum absolute atomic E-state index is 13.3. The Balaban J connectivity index is 1.62. The number of benzene rings is 3. The molecule has 1 aliphatic rings. The van der Waals surface area contributed by atoms with E-state index in [-0.39, 0.29) is 58.9 Å². The third kappa shape index (κ3) is 6.56. The number of urea groups is 1. The standard InChI is InChI=1S/C29H24ClN3O9/c1-3-40-24-15-18(14-23(30)25(24)42-16-17-6-5-7-21(12-17)33(38)39)13-22-26(34)31-29(37)32(27(22)35)20-10-8-19(9-11-20)28(36)41-4-2/h5-15H,3-4,16H2,1-2H3,(H,31,34,37)/b22-13+. The molecule has 1 saturated heterocycles. The van der Waals surface area contributed by atoms with Gasteiger partial charge < -0.3 is 14.2 Å². The number of carbonyl (C=O) groups excluding carboxylic acids is 4. The molecule has 1 fully saturated rings. The van der Waals surface area contributed by atoms with Gasteiger partial charge in [0.05, 0.1) is 34.4 Å². The highest BCUT2D eigenvalue weighted by atomic mass is 35.5. The highest BCUT2D eigenvalue weighted by Gasteiger charge is 2.37. The van der Waals surface area contributed by atoms with Gasteiger partial charge in [0.1, 0.15) is 12.2 Å². The number of ether oxygens (including phenoxy) is 3. The molecule has 42 heavy (non-hydrogen) atoms. The van der Waals surface area contributed by atoms with E-state index in [4.69, 9.17) is 25.8 Å². The van der Waals surface area contributed by atoms with Gasteiger partial charge in [-0.15, -0.1) is 0 Å². The van der Waals surface area contributed by atoms with Crippen molar-refractivity contribution in [3.63, 3.8) is 0 Å². The van der Waals surface area contributed by atoms with Crippen LogP contribution in [0.3, 0.4) is 0 Å². The Hall–Kier alpha value is -5.23. The number of barbiturate groups is 1. The number of hydrogen-bond donors (Lipinski definition) is 1. The van der Waals surface area contributed by atoms with Crippen molar-refractivity contribution in [1.82, 2.24) is 5.32 Å². The maximum atomic E-state index is 13.3. The van der Waals surface area contributed by atoms with E-state index in [9.17, 15) is 29.3 Å². The summed E-state index contributed by atoms with van der Waals surface area (Å²) in [5.74, 6) is -2.01. The highest BCUT2D eigenvalue weighted by Crippen LogP contribution is 2.38. The number of amides is 4. The van der Waals surface area contributed by atoms with Gasteiger partial charge in [-0.2, -0.15) is 0 Å². The lowest BCUT2D eigenvalue weighted by Gasteiger charge is -2.26. The molecule has 0 saturated carbocycles. The van der Waals surface area contributed by atoms with Gasteiger partial charge in [-0.1, -0.05) is 23.7 Å². The number of non-ortho nitro benzene ring substituents is 1. The number of nitro groups is 1. The molecule has 12 nitrogen and oxygen atoms in total. The molecule has 4 amide bonds. The van der Waals surface area contributed by atoms with Gasteiger partial charge in [-0.05, 0) is 67.4 Å². The van der Waals surface area contributed by atoms with Crippen molar-refractivity contribution in [3.8, 4) is 11.5 Å². The van der Waals surface area contributed by atoms with Crippen molar-refractivity contribution < 1.29 is 38.3 Å². The third-order valence-corrected chi connectivity index (χ3v) is 6.17. The van der Waals surface area contributed by atoms with Crippen LogP contribution in [-0.4, -0.2) is 42.0 Å². The summed E-state index contributed by atoms with van der Waals surface area (Å²) in [7, 11) is 0. The summed E-state index contributed by atoms with van der Waals surface area (Å²) >= 11 is 6.49. The Morgan fingerprint density at radius 1 is 1.02 bits per heavy atom. The minimum atomic E-state index is -0.955. The van der Waals surface area contributed by atoms with E-state index < -0.39 is 28.7 Å². The Morgan fingerprint density at radius 3 is 2.43 bits per heavy atom. The first-order valence-corrected chi connectivity index (χ1v) is 13.0. The maximum Gasteiger partial charge on any atom is 0.338 e. The molecule has 0 aliphatic carbocycles.